The number of fused-ring (bicyclic) bond motifs is 1. The van der Waals surface area contributed by atoms with Gasteiger partial charge >= 0.3 is 5.97 Å². The van der Waals surface area contributed by atoms with Crippen LogP contribution in [0.5, 0.6) is 5.75 Å². The van der Waals surface area contributed by atoms with Crippen molar-refractivity contribution < 1.29 is 24.0 Å². The Labute approximate surface area is 165 Å². The van der Waals surface area contributed by atoms with Gasteiger partial charge in [0, 0.05) is 10.5 Å². The molecule has 0 aromatic heterocycles. The van der Waals surface area contributed by atoms with Crippen molar-refractivity contribution >= 4 is 51.0 Å². The van der Waals surface area contributed by atoms with Crippen LogP contribution in [-0.4, -0.2) is 33.6 Å². The van der Waals surface area contributed by atoms with E-state index in [2.05, 4.69) is 15.9 Å². The lowest BCUT2D eigenvalue weighted by molar-refractivity contribution is -0.385. The van der Waals surface area contributed by atoms with Crippen LogP contribution in [0.25, 0.3) is 0 Å². The zero-order valence-electron chi connectivity index (χ0n) is 13.6. The number of imide groups is 1. The van der Waals surface area contributed by atoms with Crippen molar-refractivity contribution in [1.29, 1.82) is 0 Å². The lowest BCUT2D eigenvalue weighted by Gasteiger charge is -2.21. The number of esters is 1. The highest BCUT2D eigenvalue weighted by molar-refractivity contribution is 9.10. The molecule has 0 N–H and O–H groups in total. The predicted octanol–water partition coefficient (Wildman–Crippen LogP) is 3.60. The summed E-state index contributed by atoms with van der Waals surface area (Å²) in [6, 6.07) is 6.98. The molecule has 1 aliphatic heterocycles. The van der Waals surface area contributed by atoms with Crippen LogP contribution >= 0.6 is 27.5 Å². The van der Waals surface area contributed by atoms with Gasteiger partial charge in [0.1, 0.15) is 17.4 Å². The van der Waals surface area contributed by atoms with Crippen LogP contribution in [0.15, 0.2) is 40.9 Å². The number of carbonyl (C=O) groups is 3. The molecule has 27 heavy (non-hydrogen) atoms. The van der Waals surface area contributed by atoms with Gasteiger partial charge in [0.15, 0.2) is 0 Å². The summed E-state index contributed by atoms with van der Waals surface area (Å²) in [5, 5.41) is 11.3. The number of hydrogen-bond donors (Lipinski definition) is 0. The maximum atomic E-state index is 12.6. The van der Waals surface area contributed by atoms with Gasteiger partial charge in [0.25, 0.3) is 17.5 Å². The molecule has 0 bridgehead atoms. The Morgan fingerprint density at radius 2 is 1.96 bits per heavy atom. The molecule has 0 aliphatic carbocycles. The number of nitrogens with zero attached hydrogens (tertiary/aromatic N) is 2. The van der Waals surface area contributed by atoms with Gasteiger partial charge in [-0.2, -0.15) is 0 Å². The van der Waals surface area contributed by atoms with Crippen molar-refractivity contribution in [2.24, 2.45) is 0 Å². The molecule has 138 valence electrons. The number of amides is 2. The van der Waals surface area contributed by atoms with E-state index in [1.807, 2.05) is 0 Å². The minimum atomic E-state index is -1.31. The topological polar surface area (TPSA) is 107 Å². The fourth-order valence-corrected chi connectivity index (χ4v) is 3.36. The largest absolute Gasteiger partial charge is 0.423 e. The smallest absolute Gasteiger partial charge is 0.334 e. The van der Waals surface area contributed by atoms with Gasteiger partial charge in [-0.15, -0.1) is 0 Å². The molecule has 8 nitrogen and oxygen atoms in total. The van der Waals surface area contributed by atoms with E-state index in [1.165, 1.54) is 31.2 Å². The van der Waals surface area contributed by atoms with E-state index in [4.69, 9.17) is 16.3 Å². The van der Waals surface area contributed by atoms with E-state index in [9.17, 15) is 24.5 Å². The summed E-state index contributed by atoms with van der Waals surface area (Å²) < 4.78 is 5.85. The third-order valence-electron chi connectivity index (χ3n) is 3.95. The van der Waals surface area contributed by atoms with Crippen molar-refractivity contribution in [2.75, 3.05) is 0 Å². The van der Waals surface area contributed by atoms with Crippen molar-refractivity contribution in [3.63, 3.8) is 0 Å². The maximum Gasteiger partial charge on any atom is 0.334 e. The first kappa shape index (κ1) is 19.0. The number of rotatable bonds is 4. The second kappa shape index (κ2) is 7.09. The van der Waals surface area contributed by atoms with Gasteiger partial charge in [-0.25, -0.2) is 4.79 Å². The number of nitro benzene ring substituents is 1. The monoisotopic (exact) mass is 452 g/mol. The summed E-state index contributed by atoms with van der Waals surface area (Å²) in [6.45, 7) is 1.29. The highest BCUT2D eigenvalue weighted by atomic mass is 79.9. The van der Waals surface area contributed by atoms with E-state index in [-0.39, 0.29) is 21.9 Å². The average Bonchev–Trinajstić information content (AvgIpc) is 2.87. The fraction of sp³-hybridized carbons (Fsp3) is 0.118. The van der Waals surface area contributed by atoms with Crippen molar-refractivity contribution in [3.8, 4) is 5.75 Å². The van der Waals surface area contributed by atoms with Gasteiger partial charge < -0.3 is 4.74 Å². The molecule has 1 heterocycles. The average molecular weight is 454 g/mol. The maximum absolute atomic E-state index is 12.6. The molecule has 0 saturated heterocycles. The summed E-state index contributed by atoms with van der Waals surface area (Å²) in [5.74, 6) is -2.57. The van der Waals surface area contributed by atoms with Gasteiger partial charge in [-0.3, -0.25) is 24.6 Å². The number of halogens is 2. The Balaban J connectivity index is 1.89. The molecule has 3 rings (SSSR count). The molecule has 1 atom stereocenters. The molecule has 2 amide bonds. The van der Waals surface area contributed by atoms with Crippen LogP contribution in [0.4, 0.5) is 5.69 Å². The summed E-state index contributed by atoms with van der Waals surface area (Å²) >= 11 is 9.21. The molecule has 0 radical (unpaired) electrons. The van der Waals surface area contributed by atoms with E-state index in [1.54, 1.807) is 6.07 Å². The van der Waals surface area contributed by atoms with Gasteiger partial charge in [-0.1, -0.05) is 33.6 Å². The normalized spacial score (nSPS) is 14.1. The number of ether oxygens (including phenoxy) is 1. The summed E-state index contributed by atoms with van der Waals surface area (Å²) in [5.41, 5.74) is -0.964. The molecule has 2 aromatic rings. The molecule has 0 spiro atoms. The van der Waals surface area contributed by atoms with Crippen molar-refractivity contribution in [3.05, 3.63) is 67.1 Å². The minimum Gasteiger partial charge on any atom is -0.423 e. The Morgan fingerprint density at radius 3 is 2.59 bits per heavy atom. The third kappa shape index (κ3) is 3.31. The van der Waals surface area contributed by atoms with Crippen LogP contribution in [-0.2, 0) is 4.79 Å². The van der Waals surface area contributed by atoms with Crippen LogP contribution < -0.4 is 4.74 Å². The SMILES string of the molecule is CC(C(=O)Oc1ccc(Br)cc1Cl)N1C(=O)c2cccc([N+](=O)[O-])c2C1=O. The molecule has 0 fully saturated rings. The molecule has 10 heteroatoms. The van der Waals surface area contributed by atoms with Crippen LogP contribution in [0, 0.1) is 10.1 Å². The highest BCUT2D eigenvalue weighted by Gasteiger charge is 2.45. The quantitative estimate of drug-likeness (QED) is 0.230. The van der Waals surface area contributed by atoms with Gasteiger partial charge in [0.2, 0.25) is 0 Å². The lowest BCUT2D eigenvalue weighted by Crippen LogP contribution is -2.44. The molecular weight excluding hydrogens is 444 g/mol. The molecule has 1 unspecified atom stereocenters. The molecule has 1 aliphatic rings. The molecule has 0 saturated carbocycles. The number of benzene rings is 2. The zero-order valence-corrected chi connectivity index (χ0v) is 16.0. The third-order valence-corrected chi connectivity index (χ3v) is 4.74. The van der Waals surface area contributed by atoms with Gasteiger partial charge in [0.05, 0.1) is 15.5 Å². The molecular formula is C17H10BrClN2O6. The van der Waals surface area contributed by atoms with Gasteiger partial charge in [-0.05, 0) is 31.2 Å². The van der Waals surface area contributed by atoms with Crippen LogP contribution in [0.1, 0.15) is 27.6 Å². The van der Waals surface area contributed by atoms with Crippen LogP contribution in [0.3, 0.4) is 0 Å². The Bertz CT molecular complexity index is 1010. The lowest BCUT2D eigenvalue weighted by atomic mass is 10.1. The fourth-order valence-electron chi connectivity index (χ4n) is 2.65. The zero-order chi connectivity index (χ0) is 19.9. The first-order valence-corrected chi connectivity index (χ1v) is 8.71. The van der Waals surface area contributed by atoms with Crippen molar-refractivity contribution in [1.82, 2.24) is 4.90 Å². The van der Waals surface area contributed by atoms with E-state index >= 15 is 0 Å². The van der Waals surface area contributed by atoms with Crippen molar-refractivity contribution in [2.45, 2.75) is 13.0 Å². The standard InChI is InChI=1S/C17H10BrClN2O6/c1-8(17(24)27-13-6-5-9(18)7-11(13)19)20-15(22)10-3-2-4-12(21(25)26)14(10)16(20)23/h2-8H,1H3. The highest BCUT2D eigenvalue weighted by Crippen LogP contribution is 2.33. The number of carbonyl (C=O) groups excluding carboxylic acids is 3. The summed E-state index contributed by atoms with van der Waals surface area (Å²) in [7, 11) is 0. The second-order valence-electron chi connectivity index (χ2n) is 5.61. The second-order valence-corrected chi connectivity index (χ2v) is 6.93. The minimum absolute atomic E-state index is 0.0549. The van der Waals surface area contributed by atoms with Crippen LogP contribution in [0.2, 0.25) is 5.02 Å². The Hall–Kier alpha value is -2.78. The Kier molecular flexibility index (Phi) is 4.99. The summed E-state index contributed by atoms with van der Waals surface area (Å²) in [4.78, 5) is 48.6. The predicted molar refractivity (Wildman–Crippen MR) is 97.8 cm³/mol. The number of nitro groups is 1. The number of hydrogen-bond acceptors (Lipinski definition) is 6. The summed E-state index contributed by atoms with van der Waals surface area (Å²) in [6.07, 6.45) is 0. The first-order chi connectivity index (χ1) is 12.7. The van der Waals surface area contributed by atoms with E-state index < -0.39 is 34.4 Å². The van der Waals surface area contributed by atoms with E-state index in [0.717, 1.165) is 6.07 Å². The molecule has 2 aromatic carbocycles. The van der Waals surface area contributed by atoms with E-state index in [0.29, 0.717) is 9.37 Å². The first-order valence-electron chi connectivity index (χ1n) is 7.54. The Morgan fingerprint density at radius 1 is 1.26 bits per heavy atom.